The normalized spacial score (nSPS) is 10.8. The first-order chi connectivity index (χ1) is 12.5. The van der Waals surface area contributed by atoms with Crippen LogP contribution in [-0.4, -0.2) is 9.97 Å². The zero-order valence-electron chi connectivity index (χ0n) is 14.5. The number of aryl methyl sites for hydroxylation is 2. The molecule has 1 heterocycles. The molecule has 1 aromatic heterocycles. The lowest BCUT2D eigenvalue weighted by atomic mass is 10.2. The fourth-order valence-corrected chi connectivity index (χ4v) is 3.17. The van der Waals surface area contributed by atoms with Crippen molar-refractivity contribution in [1.82, 2.24) is 9.97 Å². The number of ether oxygens (including phenoxy) is 1. The van der Waals surface area contributed by atoms with E-state index in [0.29, 0.717) is 23.2 Å². The molecule has 0 unspecified atom stereocenters. The summed E-state index contributed by atoms with van der Waals surface area (Å²) in [5.41, 5.74) is 1.96. The van der Waals surface area contributed by atoms with Gasteiger partial charge < -0.3 is 4.74 Å². The quantitative estimate of drug-likeness (QED) is 0.410. The van der Waals surface area contributed by atoms with Gasteiger partial charge in [0, 0.05) is 23.1 Å². The average molecular weight is 372 g/mol. The van der Waals surface area contributed by atoms with Gasteiger partial charge in [0.05, 0.1) is 0 Å². The van der Waals surface area contributed by atoms with Crippen LogP contribution in [0.25, 0.3) is 0 Å². The number of rotatable bonds is 6. The Morgan fingerprint density at radius 1 is 1.00 bits per heavy atom. The van der Waals surface area contributed by atoms with E-state index in [1.165, 1.54) is 30.0 Å². The smallest absolute Gasteiger partial charge is 0.223 e. The van der Waals surface area contributed by atoms with Crippen molar-refractivity contribution >= 4 is 11.8 Å². The van der Waals surface area contributed by atoms with Gasteiger partial charge in [-0.15, -0.1) is 0 Å². The van der Waals surface area contributed by atoms with E-state index in [0.717, 1.165) is 11.3 Å². The van der Waals surface area contributed by atoms with Crippen LogP contribution in [0, 0.1) is 18.6 Å². The van der Waals surface area contributed by atoms with Crippen molar-refractivity contribution in [3.8, 4) is 11.6 Å². The van der Waals surface area contributed by atoms with Crippen LogP contribution >= 0.6 is 11.8 Å². The SMILES string of the molecule is CCc1cc(Oc2ccc(C)cc2)nc(SCc2c(F)cccc2F)n1. The first kappa shape index (κ1) is 18.3. The van der Waals surface area contributed by atoms with Crippen molar-refractivity contribution in [2.24, 2.45) is 0 Å². The summed E-state index contributed by atoms with van der Waals surface area (Å²) in [6.07, 6.45) is 0.703. The van der Waals surface area contributed by atoms with Crippen LogP contribution < -0.4 is 4.74 Å². The van der Waals surface area contributed by atoms with E-state index >= 15 is 0 Å². The third-order valence-corrected chi connectivity index (χ3v) is 4.62. The highest BCUT2D eigenvalue weighted by Gasteiger charge is 2.12. The molecular weight excluding hydrogens is 354 g/mol. The van der Waals surface area contributed by atoms with Gasteiger partial charge >= 0.3 is 0 Å². The molecule has 0 aliphatic carbocycles. The molecule has 0 saturated carbocycles. The Bertz CT molecular complexity index is 881. The van der Waals surface area contributed by atoms with E-state index in [4.69, 9.17) is 4.74 Å². The third kappa shape index (κ3) is 4.58. The van der Waals surface area contributed by atoms with Gasteiger partial charge in [0.25, 0.3) is 0 Å². The number of hydrogen-bond acceptors (Lipinski definition) is 4. The van der Waals surface area contributed by atoms with Gasteiger partial charge in [-0.1, -0.05) is 42.4 Å². The van der Waals surface area contributed by atoms with Gasteiger partial charge in [0.15, 0.2) is 5.16 Å². The number of nitrogens with zero attached hydrogens (tertiary/aromatic N) is 2. The van der Waals surface area contributed by atoms with E-state index < -0.39 is 11.6 Å². The molecule has 0 spiro atoms. The molecule has 0 radical (unpaired) electrons. The molecule has 0 aliphatic heterocycles. The Labute approximate surface area is 155 Å². The molecule has 134 valence electrons. The topological polar surface area (TPSA) is 35.0 Å². The Morgan fingerprint density at radius 2 is 1.69 bits per heavy atom. The number of thioether (sulfide) groups is 1. The predicted molar refractivity (Wildman–Crippen MR) is 98.6 cm³/mol. The van der Waals surface area contributed by atoms with E-state index in [1.54, 1.807) is 6.07 Å². The number of benzene rings is 2. The van der Waals surface area contributed by atoms with Crippen molar-refractivity contribution < 1.29 is 13.5 Å². The van der Waals surface area contributed by atoms with Crippen LogP contribution in [0.4, 0.5) is 8.78 Å². The Balaban J connectivity index is 1.80. The molecule has 0 saturated heterocycles. The molecule has 0 atom stereocenters. The van der Waals surface area contributed by atoms with E-state index in [2.05, 4.69) is 9.97 Å². The van der Waals surface area contributed by atoms with Crippen LogP contribution in [0.5, 0.6) is 11.6 Å². The highest BCUT2D eigenvalue weighted by Crippen LogP contribution is 2.27. The summed E-state index contributed by atoms with van der Waals surface area (Å²) in [4.78, 5) is 8.77. The molecule has 0 bridgehead atoms. The van der Waals surface area contributed by atoms with Crippen molar-refractivity contribution in [3.63, 3.8) is 0 Å². The number of aromatic nitrogens is 2. The van der Waals surface area contributed by atoms with Crippen LogP contribution in [0.3, 0.4) is 0 Å². The van der Waals surface area contributed by atoms with Crippen molar-refractivity contribution in [2.45, 2.75) is 31.2 Å². The predicted octanol–water partition coefficient (Wildman–Crippen LogP) is 5.71. The van der Waals surface area contributed by atoms with Gasteiger partial charge in [0.1, 0.15) is 17.4 Å². The van der Waals surface area contributed by atoms with Crippen molar-refractivity contribution in [2.75, 3.05) is 0 Å². The van der Waals surface area contributed by atoms with E-state index in [-0.39, 0.29) is 11.3 Å². The summed E-state index contributed by atoms with van der Waals surface area (Å²) >= 11 is 1.18. The van der Waals surface area contributed by atoms with Gasteiger partial charge in [-0.25, -0.2) is 13.8 Å². The fourth-order valence-electron chi connectivity index (χ4n) is 2.28. The van der Waals surface area contributed by atoms with Gasteiger partial charge in [-0.05, 0) is 37.6 Å². The molecule has 0 N–H and O–H groups in total. The summed E-state index contributed by atoms with van der Waals surface area (Å²) in [7, 11) is 0. The molecule has 0 aliphatic rings. The minimum atomic E-state index is -0.569. The molecule has 2 aromatic carbocycles. The highest BCUT2D eigenvalue weighted by molar-refractivity contribution is 7.98. The molecule has 0 fully saturated rings. The third-order valence-electron chi connectivity index (χ3n) is 3.75. The molecule has 3 aromatic rings. The second-order valence-electron chi connectivity index (χ2n) is 5.74. The standard InChI is InChI=1S/C20H18F2N2OS/c1-3-14-11-19(25-15-9-7-13(2)8-10-15)24-20(23-14)26-12-16-17(21)5-4-6-18(16)22/h4-11H,3,12H2,1-2H3. The maximum atomic E-state index is 13.8. The maximum absolute atomic E-state index is 13.8. The zero-order chi connectivity index (χ0) is 18.5. The molecule has 3 rings (SSSR count). The Morgan fingerprint density at radius 3 is 2.35 bits per heavy atom. The second kappa shape index (κ2) is 8.27. The minimum Gasteiger partial charge on any atom is -0.439 e. The van der Waals surface area contributed by atoms with Crippen LogP contribution in [-0.2, 0) is 12.2 Å². The lowest BCUT2D eigenvalue weighted by molar-refractivity contribution is 0.454. The molecule has 0 amide bonds. The van der Waals surface area contributed by atoms with Crippen molar-refractivity contribution in [1.29, 1.82) is 0 Å². The summed E-state index contributed by atoms with van der Waals surface area (Å²) in [6, 6.07) is 13.2. The lowest BCUT2D eigenvalue weighted by Crippen LogP contribution is -1.99. The minimum absolute atomic E-state index is 0.0176. The average Bonchev–Trinajstić information content (AvgIpc) is 2.63. The first-order valence-corrected chi connectivity index (χ1v) is 9.22. The number of halogens is 2. The van der Waals surface area contributed by atoms with Crippen LogP contribution in [0.15, 0.2) is 53.7 Å². The number of hydrogen-bond donors (Lipinski definition) is 0. The summed E-state index contributed by atoms with van der Waals surface area (Å²) in [6.45, 7) is 3.98. The van der Waals surface area contributed by atoms with Crippen LogP contribution in [0.1, 0.15) is 23.7 Å². The van der Waals surface area contributed by atoms with E-state index in [9.17, 15) is 8.78 Å². The van der Waals surface area contributed by atoms with Crippen LogP contribution in [0.2, 0.25) is 0 Å². The molecule has 6 heteroatoms. The lowest BCUT2D eigenvalue weighted by Gasteiger charge is -2.09. The highest BCUT2D eigenvalue weighted by atomic mass is 32.2. The summed E-state index contributed by atoms with van der Waals surface area (Å²) in [5, 5.41) is 0.425. The van der Waals surface area contributed by atoms with Gasteiger partial charge in [-0.3, -0.25) is 0 Å². The summed E-state index contributed by atoms with van der Waals surface area (Å²) in [5.74, 6) is 0.0561. The summed E-state index contributed by atoms with van der Waals surface area (Å²) < 4.78 is 33.4. The largest absolute Gasteiger partial charge is 0.439 e. The van der Waals surface area contributed by atoms with Gasteiger partial charge in [-0.2, -0.15) is 4.98 Å². The van der Waals surface area contributed by atoms with Gasteiger partial charge in [0.2, 0.25) is 5.88 Å². The molecular formula is C20H18F2N2OS. The maximum Gasteiger partial charge on any atom is 0.223 e. The second-order valence-corrected chi connectivity index (χ2v) is 6.68. The molecule has 26 heavy (non-hydrogen) atoms. The Hall–Kier alpha value is -2.47. The zero-order valence-corrected chi connectivity index (χ0v) is 15.3. The fraction of sp³-hybridized carbons (Fsp3) is 0.200. The Kier molecular flexibility index (Phi) is 5.83. The first-order valence-electron chi connectivity index (χ1n) is 8.23. The van der Waals surface area contributed by atoms with Crippen molar-refractivity contribution in [3.05, 3.63) is 77.0 Å². The molecule has 3 nitrogen and oxygen atoms in total. The van der Waals surface area contributed by atoms with E-state index in [1.807, 2.05) is 38.1 Å². The monoisotopic (exact) mass is 372 g/mol.